The molecule has 2 aromatic heterocycles. The number of hydrogen-bond acceptors (Lipinski definition) is 2. The quantitative estimate of drug-likeness (QED) is 0.710. The minimum Gasteiger partial charge on any atom is -0.493 e. The zero-order valence-corrected chi connectivity index (χ0v) is 11.8. The first-order chi connectivity index (χ1) is 9.78. The second-order valence-electron chi connectivity index (χ2n) is 4.94. The number of benzene rings is 1. The van der Waals surface area contributed by atoms with E-state index in [4.69, 9.17) is 9.72 Å². The smallest absolute Gasteiger partial charge is 0.137 e. The fraction of sp³-hybridized carbons (Fsp3) is 0.235. The zero-order chi connectivity index (χ0) is 13.9. The van der Waals surface area contributed by atoms with Crippen molar-refractivity contribution in [3.63, 3.8) is 0 Å². The molecule has 0 saturated carbocycles. The summed E-state index contributed by atoms with van der Waals surface area (Å²) in [7, 11) is 0. The second-order valence-corrected chi connectivity index (χ2v) is 4.94. The summed E-state index contributed by atoms with van der Waals surface area (Å²) in [4.78, 5) is 4.70. The van der Waals surface area contributed by atoms with Gasteiger partial charge in [0.15, 0.2) is 0 Å². The van der Waals surface area contributed by atoms with Crippen molar-refractivity contribution in [1.82, 2.24) is 9.38 Å². The maximum absolute atomic E-state index is 5.81. The average Bonchev–Trinajstić information content (AvgIpc) is 2.88. The van der Waals surface area contributed by atoms with Gasteiger partial charge in [0, 0.05) is 18.0 Å². The van der Waals surface area contributed by atoms with Gasteiger partial charge in [-0.1, -0.05) is 19.1 Å². The van der Waals surface area contributed by atoms with Crippen molar-refractivity contribution < 1.29 is 4.74 Å². The molecule has 0 aliphatic rings. The van der Waals surface area contributed by atoms with Crippen LogP contribution in [0.25, 0.3) is 16.9 Å². The van der Waals surface area contributed by atoms with Gasteiger partial charge in [-0.25, -0.2) is 4.98 Å². The van der Waals surface area contributed by atoms with Gasteiger partial charge in [0.25, 0.3) is 0 Å². The number of ether oxygens (including phenoxy) is 1. The topological polar surface area (TPSA) is 26.5 Å². The van der Waals surface area contributed by atoms with Gasteiger partial charge in [0.05, 0.1) is 12.3 Å². The lowest BCUT2D eigenvalue weighted by molar-refractivity contribution is 0.318. The Morgan fingerprint density at radius 2 is 2.05 bits per heavy atom. The molecule has 0 amide bonds. The minimum atomic E-state index is 0.726. The number of para-hydroxylation sites is 1. The van der Waals surface area contributed by atoms with Crippen molar-refractivity contribution >= 4 is 5.65 Å². The molecule has 20 heavy (non-hydrogen) atoms. The van der Waals surface area contributed by atoms with Crippen molar-refractivity contribution in [2.75, 3.05) is 6.61 Å². The van der Waals surface area contributed by atoms with E-state index in [-0.39, 0.29) is 0 Å². The van der Waals surface area contributed by atoms with Crippen LogP contribution in [0.4, 0.5) is 0 Å². The monoisotopic (exact) mass is 266 g/mol. The van der Waals surface area contributed by atoms with Crippen LogP contribution in [-0.4, -0.2) is 16.0 Å². The van der Waals surface area contributed by atoms with Crippen LogP contribution in [0.15, 0.2) is 48.8 Å². The second kappa shape index (κ2) is 5.37. The summed E-state index contributed by atoms with van der Waals surface area (Å²) in [6.07, 6.45) is 5.08. The average molecular weight is 266 g/mol. The molecule has 0 aliphatic carbocycles. The fourth-order valence-electron chi connectivity index (χ4n) is 2.23. The van der Waals surface area contributed by atoms with Gasteiger partial charge in [0.1, 0.15) is 11.4 Å². The molecule has 0 unspecified atom stereocenters. The van der Waals surface area contributed by atoms with E-state index in [0.717, 1.165) is 35.7 Å². The van der Waals surface area contributed by atoms with E-state index in [1.54, 1.807) is 0 Å². The predicted molar refractivity (Wildman–Crippen MR) is 81.2 cm³/mol. The Labute approximate surface area is 118 Å². The number of aryl methyl sites for hydroxylation is 1. The van der Waals surface area contributed by atoms with Gasteiger partial charge in [-0.15, -0.1) is 0 Å². The first-order valence-electron chi connectivity index (χ1n) is 6.95. The highest BCUT2D eigenvalue weighted by Gasteiger charge is 2.09. The van der Waals surface area contributed by atoms with Gasteiger partial charge < -0.3 is 9.14 Å². The van der Waals surface area contributed by atoms with E-state index in [0.29, 0.717) is 0 Å². The first kappa shape index (κ1) is 12.7. The molecule has 0 radical (unpaired) electrons. The molecule has 3 nitrogen and oxygen atoms in total. The van der Waals surface area contributed by atoms with E-state index in [1.165, 1.54) is 5.56 Å². The van der Waals surface area contributed by atoms with Crippen molar-refractivity contribution in [1.29, 1.82) is 0 Å². The number of rotatable bonds is 4. The van der Waals surface area contributed by atoms with E-state index in [2.05, 4.69) is 32.0 Å². The maximum Gasteiger partial charge on any atom is 0.137 e. The summed E-state index contributed by atoms with van der Waals surface area (Å²) in [5.41, 5.74) is 4.17. The molecule has 3 rings (SSSR count). The Kier molecular flexibility index (Phi) is 3.42. The van der Waals surface area contributed by atoms with Crippen LogP contribution in [0.2, 0.25) is 0 Å². The molecule has 0 N–H and O–H groups in total. The van der Waals surface area contributed by atoms with E-state index < -0.39 is 0 Å². The van der Waals surface area contributed by atoms with Crippen LogP contribution in [-0.2, 0) is 0 Å². The Morgan fingerprint density at radius 3 is 2.90 bits per heavy atom. The van der Waals surface area contributed by atoms with Gasteiger partial charge in [0.2, 0.25) is 0 Å². The van der Waals surface area contributed by atoms with Gasteiger partial charge in [-0.05, 0) is 43.2 Å². The molecule has 2 heterocycles. The molecule has 0 spiro atoms. The molecular weight excluding hydrogens is 248 g/mol. The molecule has 0 saturated heterocycles. The third-order valence-corrected chi connectivity index (χ3v) is 3.24. The fourth-order valence-corrected chi connectivity index (χ4v) is 2.23. The van der Waals surface area contributed by atoms with Crippen molar-refractivity contribution in [3.05, 3.63) is 54.4 Å². The molecule has 0 atom stereocenters. The molecule has 0 aliphatic heterocycles. The summed E-state index contributed by atoms with van der Waals surface area (Å²) in [6, 6.07) is 12.2. The summed E-state index contributed by atoms with van der Waals surface area (Å²) in [6.45, 7) is 4.91. The molecule has 102 valence electrons. The zero-order valence-electron chi connectivity index (χ0n) is 11.8. The molecular formula is C17H18N2O. The molecule has 1 aromatic carbocycles. The summed E-state index contributed by atoms with van der Waals surface area (Å²) < 4.78 is 7.85. The van der Waals surface area contributed by atoms with Gasteiger partial charge >= 0.3 is 0 Å². The molecule has 0 bridgehead atoms. The van der Waals surface area contributed by atoms with E-state index in [1.807, 2.05) is 35.0 Å². The Morgan fingerprint density at radius 1 is 1.20 bits per heavy atom. The summed E-state index contributed by atoms with van der Waals surface area (Å²) in [5, 5.41) is 0. The SMILES string of the molecule is CCCOc1ccccc1-c1cn2ccc(C)cc2n1. The molecule has 0 fully saturated rings. The third kappa shape index (κ3) is 2.39. The van der Waals surface area contributed by atoms with E-state index in [9.17, 15) is 0 Å². The van der Waals surface area contributed by atoms with Crippen LogP contribution < -0.4 is 4.74 Å². The first-order valence-corrected chi connectivity index (χ1v) is 6.95. The number of pyridine rings is 1. The normalized spacial score (nSPS) is 10.9. The van der Waals surface area contributed by atoms with Gasteiger partial charge in [-0.3, -0.25) is 0 Å². The van der Waals surface area contributed by atoms with Crippen molar-refractivity contribution in [3.8, 4) is 17.0 Å². The number of imidazole rings is 1. The lowest BCUT2D eigenvalue weighted by atomic mass is 10.1. The highest BCUT2D eigenvalue weighted by molar-refractivity contribution is 5.69. The molecule has 3 heteroatoms. The predicted octanol–water partition coefficient (Wildman–Crippen LogP) is 4.10. The minimum absolute atomic E-state index is 0.726. The largest absolute Gasteiger partial charge is 0.493 e. The van der Waals surface area contributed by atoms with Gasteiger partial charge in [-0.2, -0.15) is 0 Å². The number of fused-ring (bicyclic) bond motifs is 1. The van der Waals surface area contributed by atoms with Crippen molar-refractivity contribution in [2.24, 2.45) is 0 Å². The Balaban J connectivity index is 2.06. The Bertz CT molecular complexity index is 731. The molecule has 3 aromatic rings. The number of aromatic nitrogens is 2. The third-order valence-electron chi connectivity index (χ3n) is 3.24. The van der Waals surface area contributed by atoms with Crippen molar-refractivity contribution in [2.45, 2.75) is 20.3 Å². The number of hydrogen-bond donors (Lipinski definition) is 0. The maximum atomic E-state index is 5.81. The van der Waals surface area contributed by atoms with Crippen LogP contribution >= 0.6 is 0 Å². The number of nitrogens with zero attached hydrogens (tertiary/aromatic N) is 2. The van der Waals surface area contributed by atoms with Crippen LogP contribution in [0.1, 0.15) is 18.9 Å². The lowest BCUT2D eigenvalue weighted by Gasteiger charge is -2.08. The summed E-state index contributed by atoms with van der Waals surface area (Å²) in [5.74, 6) is 0.898. The van der Waals surface area contributed by atoms with Crippen LogP contribution in [0, 0.1) is 6.92 Å². The van der Waals surface area contributed by atoms with Crippen LogP contribution in [0.5, 0.6) is 5.75 Å². The summed E-state index contributed by atoms with van der Waals surface area (Å²) >= 11 is 0. The van der Waals surface area contributed by atoms with E-state index >= 15 is 0 Å². The highest BCUT2D eigenvalue weighted by Crippen LogP contribution is 2.29. The Hall–Kier alpha value is -2.29. The van der Waals surface area contributed by atoms with Crippen LogP contribution in [0.3, 0.4) is 0 Å². The lowest BCUT2D eigenvalue weighted by Crippen LogP contribution is -1.96. The highest BCUT2D eigenvalue weighted by atomic mass is 16.5. The standard InChI is InChI=1S/C17H18N2O/c1-3-10-20-16-7-5-4-6-14(16)15-12-19-9-8-13(2)11-17(19)18-15/h4-9,11-12H,3,10H2,1-2H3.